The van der Waals surface area contributed by atoms with Gasteiger partial charge in [-0.3, -0.25) is 4.79 Å². The van der Waals surface area contributed by atoms with Gasteiger partial charge < -0.3 is 5.73 Å². The zero-order valence-electron chi connectivity index (χ0n) is 4.34. The summed E-state index contributed by atoms with van der Waals surface area (Å²) in [4.78, 5) is 9.68. The molecule has 0 saturated heterocycles. The van der Waals surface area contributed by atoms with Crippen LogP contribution in [-0.2, 0) is 13.8 Å². The fourth-order valence-electron chi connectivity index (χ4n) is 0.120. The van der Waals surface area contributed by atoms with E-state index in [1.54, 1.807) is 0 Å². The summed E-state index contributed by atoms with van der Waals surface area (Å²) in [6.07, 6.45) is 0. The van der Waals surface area contributed by atoms with Gasteiger partial charge in [-0.1, -0.05) is 0 Å². The minimum atomic E-state index is -5.24. The Hall–Kier alpha value is -0.430. The predicted molar refractivity (Wildman–Crippen MR) is 28.9 cm³/mol. The van der Waals surface area contributed by atoms with E-state index in [1.807, 2.05) is 0 Å². The Bertz CT molecular complexity index is 247. The second kappa shape index (κ2) is 2.31. The fraction of sp³-hybridized carbons (Fsp3) is 0.500. The molecule has 0 aliphatic heterocycles. The molecule has 2 N–H and O–H groups in total. The van der Waals surface area contributed by atoms with E-state index in [4.69, 9.17) is 0 Å². The average molecular weight is 194 g/mol. The van der Waals surface area contributed by atoms with Crippen molar-refractivity contribution in [1.82, 2.24) is 0 Å². The Balaban J connectivity index is 4.95. The van der Waals surface area contributed by atoms with Gasteiger partial charge in [0.05, 0.1) is 0 Å². The summed E-state index contributed by atoms with van der Waals surface area (Å²) >= 11 is 0. The summed E-state index contributed by atoms with van der Waals surface area (Å²) in [5, 5.41) is -4.69. The first-order chi connectivity index (χ1) is 4.19. The van der Waals surface area contributed by atoms with Gasteiger partial charge >= 0.3 is 20.2 Å². The maximum Gasteiger partial charge on any atom is 0.435 e. The molecule has 0 saturated carbocycles. The second-order valence-electron chi connectivity index (χ2n) is 1.32. The van der Waals surface area contributed by atoms with E-state index >= 15 is 0 Å². The Morgan fingerprint density at radius 1 is 1.50 bits per heavy atom. The zero-order valence-corrected chi connectivity index (χ0v) is 5.92. The molecule has 0 bridgehead atoms. The van der Waals surface area contributed by atoms with Crippen molar-refractivity contribution in [3.05, 3.63) is 0 Å². The molecule has 0 fully saturated rings. The van der Waals surface area contributed by atoms with Crippen molar-refractivity contribution < 1.29 is 22.0 Å². The van der Waals surface area contributed by atoms with Gasteiger partial charge in [0.1, 0.15) is 0 Å². The smallest absolute Gasteiger partial charge is 0.363 e. The van der Waals surface area contributed by atoms with Crippen LogP contribution >= 0.6 is 10.7 Å². The summed E-state index contributed by atoms with van der Waals surface area (Å²) < 4.78 is 43.3. The normalized spacial score (nSPS) is 13.1. The third-order valence-electron chi connectivity index (χ3n) is 0.593. The zero-order chi connectivity index (χ0) is 8.58. The van der Waals surface area contributed by atoms with Gasteiger partial charge in [-0.15, -0.1) is 0 Å². The highest BCUT2D eigenvalue weighted by Gasteiger charge is 2.50. The van der Waals surface area contributed by atoms with E-state index in [2.05, 4.69) is 16.4 Å². The van der Waals surface area contributed by atoms with Gasteiger partial charge in [-0.2, -0.15) is 8.78 Å². The van der Waals surface area contributed by atoms with Crippen molar-refractivity contribution >= 4 is 25.6 Å². The maximum atomic E-state index is 11.9. The molecule has 0 atom stereocenters. The number of amides is 1. The number of hydrogen-bond donors (Lipinski definition) is 1. The summed E-state index contributed by atoms with van der Waals surface area (Å²) in [5.41, 5.74) is 4.00. The molecule has 0 heterocycles. The van der Waals surface area contributed by atoms with Gasteiger partial charge in [0.25, 0.3) is 0 Å². The quantitative estimate of drug-likeness (QED) is 0.608. The van der Waals surface area contributed by atoms with Gasteiger partial charge in [-0.05, 0) is 0 Å². The largest absolute Gasteiger partial charge is 0.435 e. The average Bonchev–Trinajstić information content (AvgIpc) is 1.62. The SMILES string of the molecule is NC(=O)C(F)(F)S(=O)(=O)Cl. The molecule has 0 unspecified atom stereocenters. The summed E-state index contributed by atoms with van der Waals surface area (Å²) in [7, 11) is -1.10. The number of hydrogen-bond acceptors (Lipinski definition) is 3. The topological polar surface area (TPSA) is 77.2 Å². The van der Waals surface area contributed by atoms with Gasteiger partial charge in [-0.25, -0.2) is 8.42 Å². The third kappa shape index (κ3) is 1.54. The second-order valence-corrected chi connectivity index (χ2v) is 3.93. The molecular weight excluding hydrogens is 192 g/mol. The summed E-state index contributed by atoms with van der Waals surface area (Å²) in [6, 6.07) is 0. The molecule has 0 rings (SSSR count). The lowest BCUT2D eigenvalue weighted by molar-refractivity contribution is -0.131. The van der Waals surface area contributed by atoms with Gasteiger partial charge in [0.15, 0.2) is 0 Å². The highest BCUT2D eigenvalue weighted by molar-refractivity contribution is 8.15. The Labute approximate surface area is 59.4 Å². The summed E-state index contributed by atoms with van der Waals surface area (Å²) in [5.74, 6) is -2.29. The van der Waals surface area contributed by atoms with Crippen LogP contribution in [-0.4, -0.2) is 19.6 Å². The lowest BCUT2D eigenvalue weighted by Crippen LogP contribution is -2.40. The van der Waals surface area contributed by atoms with Crippen LogP contribution in [0.5, 0.6) is 0 Å². The number of nitrogens with two attached hydrogens (primary N) is 1. The minimum absolute atomic E-state index is 2.29. The molecule has 10 heavy (non-hydrogen) atoms. The van der Waals surface area contributed by atoms with E-state index in [1.165, 1.54) is 0 Å². The van der Waals surface area contributed by atoms with Crippen molar-refractivity contribution in [2.24, 2.45) is 5.73 Å². The van der Waals surface area contributed by atoms with Crippen LogP contribution in [0.3, 0.4) is 0 Å². The van der Waals surface area contributed by atoms with E-state index in [0.29, 0.717) is 0 Å². The number of carbonyl (C=O) groups excluding carboxylic acids is 1. The van der Waals surface area contributed by atoms with Crippen LogP contribution < -0.4 is 5.73 Å². The lowest BCUT2D eigenvalue weighted by atomic mass is 10.7. The van der Waals surface area contributed by atoms with Crippen molar-refractivity contribution in [2.45, 2.75) is 5.25 Å². The molecule has 1 amide bonds. The van der Waals surface area contributed by atoms with Crippen LogP contribution in [0.15, 0.2) is 0 Å². The summed E-state index contributed by atoms with van der Waals surface area (Å²) in [6.45, 7) is 0. The Morgan fingerprint density at radius 3 is 1.80 bits per heavy atom. The van der Waals surface area contributed by atoms with Crippen LogP contribution in [0.2, 0.25) is 0 Å². The number of alkyl halides is 2. The van der Waals surface area contributed by atoms with Gasteiger partial charge in [0, 0.05) is 10.7 Å². The monoisotopic (exact) mass is 193 g/mol. The number of primary amides is 1. The lowest BCUT2D eigenvalue weighted by Gasteiger charge is -2.05. The van der Waals surface area contributed by atoms with Crippen LogP contribution in [0, 0.1) is 0 Å². The number of carbonyl (C=O) groups is 1. The molecule has 60 valence electrons. The standard InChI is InChI=1S/C2H2ClF2NO3S/c3-10(8,9)2(4,5)1(6)7/h(H2,6,7). The first-order valence-electron chi connectivity index (χ1n) is 1.81. The van der Waals surface area contributed by atoms with Crippen molar-refractivity contribution in [3.8, 4) is 0 Å². The molecule has 0 aromatic heterocycles. The third-order valence-corrected chi connectivity index (χ3v) is 1.99. The predicted octanol–water partition coefficient (Wildman–Crippen LogP) is -0.367. The van der Waals surface area contributed by atoms with Gasteiger partial charge in [0.2, 0.25) is 0 Å². The first kappa shape index (κ1) is 9.57. The molecular formula is C2H2ClF2NO3S. The molecule has 8 heteroatoms. The van der Waals surface area contributed by atoms with Crippen LogP contribution in [0.25, 0.3) is 0 Å². The maximum absolute atomic E-state index is 11.9. The Morgan fingerprint density at radius 2 is 1.80 bits per heavy atom. The number of halogens is 3. The number of rotatable bonds is 2. The highest BCUT2D eigenvalue weighted by atomic mass is 35.7. The van der Waals surface area contributed by atoms with Crippen molar-refractivity contribution in [2.75, 3.05) is 0 Å². The van der Waals surface area contributed by atoms with E-state index in [9.17, 15) is 22.0 Å². The Kier molecular flexibility index (Phi) is 2.21. The molecule has 0 radical (unpaired) electrons. The highest BCUT2D eigenvalue weighted by Crippen LogP contribution is 2.24. The van der Waals surface area contributed by atoms with E-state index < -0.39 is 20.2 Å². The van der Waals surface area contributed by atoms with Crippen molar-refractivity contribution in [3.63, 3.8) is 0 Å². The van der Waals surface area contributed by atoms with Crippen molar-refractivity contribution in [1.29, 1.82) is 0 Å². The molecule has 0 aliphatic carbocycles. The molecule has 0 aromatic rings. The molecule has 0 aliphatic rings. The van der Waals surface area contributed by atoms with E-state index in [0.717, 1.165) is 0 Å². The first-order valence-corrected chi connectivity index (χ1v) is 4.12. The minimum Gasteiger partial charge on any atom is -0.363 e. The fourth-order valence-corrected chi connectivity index (χ4v) is 0.589. The van der Waals surface area contributed by atoms with Crippen LogP contribution in [0.4, 0.5) is 8.78 Å². The molecule has 4 nitrogen and oxygen atoms in total. The molecule has 0 spiro atoms. The van der Waals surface area contributed by atoms with E-state index in [-0.39, 0.29) is 0 Å². The van der Waals surface area contributed by atoms with Crippen LogP contribution in [0.1, 0.15) is 0 Å². The molecule has 0 aromatic carbocycles.